The Morgan fingerprint density at radius 1 is 0.207 bits per heavy atom. The van der Waals surface area contributed by atoms with E-state index in [-0.39, 0.29) is 0 Å². The Hall–Kier alpha value is -7.75. The van der Waals surface area contributed by atoms with E-state index < -0.39 is 0 Å². The number of nitrogens with zero attached hydrogens (tertiary/aromatic N) is 3. The van der Waals surface area contributed by atoms with Crippen molar-refractivity contribution in [1.29, 1.82) is 0 Å². The van der Waals surface area contributed by atoms with Gasteiger partial charge in [-0.15, -0.1) is 0 Å². The number of aromatic nitrogens is 3. The van der Waals surface area contributed by atoms with Gasteiger partial charge in [0, 0.05) is 16.7 Å². The summed E-state index contributed by atoms with van der Waals surface area (Å²) >= 11 is 0. The third kappa shape index (κ3) is 6.76. The van der Waals surface area contributed by atoms with Gasteiger partial charge in [-0.05, 0) is 78.5 Å². The molecule has 1 aromatic heterocycles. The first kappa shape index (κ1) is 34.7. The molecular formula is C55H37N3. The second-order valence-electron chi connectivity index (χ2n) is 14.4. The fourth-order valence-electron chi connectivity index (χ4n) is 7.96. The molecule has 0 aliphatic heterocycles. The van der Waals surface area contributed by atoms with Crippen molar-refractivity contribution in [2.45, 2.75) is 0 Å². The zero-order valence-corrected chi connectivity index (χ0v) is 31.7. The van der Waals surface area contributed by atoms with E-state index in [4.69, 9.17) is 15.0 Å². The Balaban J connectivity index is 1.17. The van der Waals surface area contributed by atoms with E-state index >= 15 is 0 Å². The van der Waals surface area contributed by atoms with Gasteiger partial charge >= 0.3 is 0 Å². The molecule has 0 amide bonds. The van der Waals surface area contributed by atoms with Crippen LogP contribution in [0.25, 0.3) is 101 Å². The van der Waals surface area contributed by atoms with E-state index in [2.05, 4.69) is 212 Å². The van der Waals surface area contributed by atoms with Crippen LogP contribution in [0, 0.1) is 0 Å². The predicted molar refractivity (Wildman–Crippen MR) is 241 cm³/mol. The molecule has 3 heteroatoms. The number of rotatable bonds is 8. The molecule has 0 atom stereocenters. The first-order chi connectivity index (χ1) is 28.8. The summed E-state index contributed by atoms with van der Waals surface area (Å²) in [7, 11) is 0. The van der Waals surface area contributed by atoms with Gasteiger partial charge in [0.05, 0.1) is 0 Å². The Kier molecular flexibility index (Phi) is 9.23. The minimum Gasteiger partial charge on any atom is -0.208 e. The van der Waals surface area contributed by atoms with E-state index in [0.717, 1.165) is 50.1 Å². The molecule has 1 heterocycles. The highest BCUT2D eigenvalue weighted by atomic mass is 15.0. The SMILES string of the molecule is c1ccc(-c2ccc(-c3cccc(-c4nc(-c5ccccc5-c5ccccc5)nc(-c5ccccc5-c5ccccc5)n4)c3)c(-c3cccc4ccccc34)c2)cc1. The Morgan fingerprint density at radius 3 is 1.28 bits per heavy atom. The number of fused-ring (bicyclic) bond motifs is 1. The van der Waals surface area contributed by atoms with E-state index in [1.165, 1.54) is 33.0 Å². The van der Waals surface area contributed by atoms with Crippen LogP contribution in [0.1, 0.15) is 0 Å². The molecule has 9 aromatic carbocycles. The van der Waals surface area contributed by atoms with Crippen molar-refractivity contribution in [3.05, 3.63) is 224 Å². The first-order valence-electron chi connectivity index (χ1n) is 19.6. The van der Waals surface area contributed by atoms with Crippen molar-refractivity contribution >= 4 is 10.8 Å². The maximum Gasteiger partial charge on any atom is 0.164 e. The average Bonchev–Trinajstić information content (AvgIpc) is 3.32. The zero-order chi connectivity index (χ0) is 38.7. The molecule has 0 aliphatic rings. The Morgan fingerprint density at radius 2 is 0.638 bits per heavy atom. The molecule has 272 valence electrons. The Bertz CT molecular complexity index is 2940. The summed E-state index contributed by atoms with van der Waals surface area (Å²) in [5.41, 5.74) is 14.1. The molecule has 0 fully saturated rings. The summed E-state index contributed by atoms with van der Waals surface area (Å²) in [6, 6.07) is 78.8. The number of hydrogen-bond donors (Lipinski definition) is 0. The summed E-state index contributed by atoms with van der Waals surface area (Å²) in [6.45, 7) is 0. The molecular weight excluding hydrogens is 703 g/mol. The number of hydrogen-bond acceptors (Lipinski definition) is 3. The van der Waals surface area contributed by atoms with Gasteiger partial charge in [-0.25, -0.2) is 15.0 Å². The monoisotopic (exact) mass is 739 g/mol. The van der Waals surface area contributed by atoms with Crippen molar-refractivity contribution < 1.29 is 0 Å². The zero-order valence-electron chi connectivity index (χ0n) is 31.7. The van der Waals surface area contributed by atoms with Crippen LogP contribution in [-0.2, 0) is 0 Å². The fourth-order valence-corrected chi connectivity index (χ4v) is 7.96. The van der Waals surface area contributed by atoms with Gasteiger partial charge in [0.1, 0.15) is 0 Å². The van der Waals surface area contributed by atoms with E-state index in [0.29, 0.717) is 17.5 Å². The molecule has 58 heavy (non-hydrogen) atoms. The summed E-state index contributed by atoms with van der Waals surface area (Å²) in [5.74, 6) is 1.85. The van der Waals surface area contributed by atoms with E-state index in [1.54, 1.807) is 0 Å². The summed E-state index contributed by atoms with van der Waals surface area (Å²) < 4.78 is 0. The molecule has 0 aliphatic carbocycles. The van der Waals surface area contributed by atoms with Crippen LogP contribution in [0.4, 0.5) is 0 Å². The smallest absolute Gasteiger partial charge is 0.164 e. The normalized spacial score (nSPS) is 11.1. The quantitative estimate of drug-likeness (QED) is 0.156. The molecule has 0 spiro atoms. The third-order valence-corrected chi connectivity index (χ3v) is 10.8. The molecule has 10 rings (SSSR count). The van der Waals surface area contributed by atoms with E-state index in [1.807, 2.05) is 12.1 Å². The van der Waals surface area contributed by atoms with Crippen LogP contribution in [0.3, 0.4) is 0 Å². The summed E-state index contributed by atoms with van der Waals surface area (Å²) in [5, 5.41) is 2.43. The van der Waals surface area contributed by atoms with Gasteiger partial charge in [-0.2, -0.15) is 0 Å². The van der Waals surface area contributed by atoms with Gasteiger partial charge in [0.15, 0.2) is 17.5 Å². The lowest BCUT2D eigenvalue weighted by molar-refractivity contribution is 1.07. The van der Waals surface area contributed by atoms with Gasteiger partial charge in [-0.3, -0.25) is 0 Å². The minimum absolute atomic E-state index is 0.611. The minimum atomic E-state index is 0.611. The molecule has 0 unspecified atom stereocenters. The van der Waals surface area contributed by atoms with Crippen molar-refractivity contribution in [1.82, 2.24) is 15.0 Å². The maximum absolute atomic E-state index is 5.28. The highest BCUT2D eigenvalue weighted by molar-refractivity contribution is 6.01. The first-order valence-corrected chi connectivity index (χ1v) is 19.6. The standard InChI is InChI=1S/C55H37N3/c1-4-18-38(19-5-1)42-34-35-48(52(37-42)49-33-17-25-41-24-10-11-28-45(41)49)43-26-16-27-44(36-43)53-56-54(50-31-14-12-29-46(50)39-20-6-2-7-21-39)58-55(57-53)51-32-15-13-30-47(51)40-22-8-3-9-23-40/h1-37H. The maximum atomic E-state index is 5.28. The molecule has 3 nitrogen and oxygen atoms in total. The van der Waals surface area contributed by atoms with Gasteiger partial charge in [0.25, 0.3) is 0 Å². The predicted octanol–water partition coefficient (Wildman–Crippen LogP) is 14.4. The van der Waals surface area contributed by atoms with Gasteiger partial charge in [0.2, 0.25) is 0 Å². The second kappa shape index (κ2) is 15.4. The van der Waals surface area contributed by atoms with Crippen LogP contribution >= 0.6 is 0 Å². The van der Waals surface area contributed by atoms with Crippen molar-refractivity contribution in [3.8, 4) is 89.8 Å². The highest BCUT2D eigenvalue weighted by Crippen LogP contribution is 2.41. The second-order valence-corrected chi connectivity index (χ2v) is 14.4. The average molecular weight is 740 g/mol. The molecule has 0 saturated carbocycles. The molecule has 0 bridgehead atoms. The number of benzene rings is 9. The fraction of sp³-hybridized carbons (Fsp3) is 0. The van der Waals surface area contributed by atoms with Crippen LogP contribution < -0.4 is 0 Å². The van der Waals surface area contributed by atoms with Crippen molar-refractivity contribution in [2.24, 2.45) is 0 Å². The lowest BCUT2D eigenvalue weighted by Crippen LogP contribution is -2.02. The van der Waals surface area contributed by atoms with E-state index in [9.17, 15) is 0 Å². The van der Waals surface area contributed by atoms with Gasteiger partial charge in [-0.1, -0.05) is 212 Å². The lowest BCUT2D eigenvalue weighted by atomic mass is 9.88. The van der Waals surface area contributed by atoms with Crippen LogP contribution in [0.5, 0.6) is 0 Å². The van der Waals surface area contributed by atoms with Crippen molar-refractivity contribution in [2.75, 3.05) is 0 Å². The van der Waals surface area contributed by atoms with Crippen LogP contribution in [0.2, 0.25) is 0 Å². The molecule has 10 aromatic rings. The topological polar surface area (TPSA) is 38.7 Å². The summed E-state index contributed by atoms with van der Waals surface area (Å²) in [6.07, 6.45) is 0. The van der Waals surface area contributed by atoms with Crippen LogP contribution in [-0.4, -0.2) is 15.0 Å². The highest BCUT2D eigenvalue weighted by Gasteiger charge is 2.19. The summed E-state index contributed by atoms with van der Waals surface area (Å²) in [4.78, 5) is 15.8. The molecule has 0 N–H and O–H groups in total. The largest absolute Gasteiger partial charge is 0.208 e. The van der Waals surface area contributed by atoms with Crippen molar-refractivity contribution in [3.63, 3.8) is 0 Å². The Labute approximate surface area is 338 Å². The third-order valence-electron chi connectivity index (χ3n) is 10.8. The lowest BCUT2D eigenvalue weighted by Gasteiger charge is -2.16. The van der Waals surface area contributed by atoms with Crippen LogP contribution in [0.15, 0.2) is 224 Å². The molecule has 0 radical (unpaired) electrons. The van der Waals surface area contributed by atoms with Gasteiger partial charge < -0.3 is 0 Å². The molecule has 0 saturated heterocycles.